The summed E-state index contributed by atoms with van der Waals surface area (Å²) in [6.45, 7) is 9.79. The molecule has 6 heteroatoms. The van der Waals surface area contributed by atoms with Crippen LogP contribution in [-0.2, 0) is 4.79 Å². The first-order valence-corrected chi connectivity index (χ1v) is 7.03. The molecule has 0 aliphatic carbocycles. The Bertz CT molecular complexity index is 377. The number of nitrogens with two attached hydrogens (primary N) is 1. The zero-order chi connectivity index (χ0) is 15.7. The lowest BCUT2D eigenvalue weighted by molar-refractivity contribution is -0.145. The molecule has 0 bridgehead atoms. The highest BCUT2D eigenvalue weighted by Gasteiger charge is 2.43. The van der Waals surface area contributed by atoms with E-state index in [0.29, 0.717) is 26.2 Å². The first kappa shape index (κ1) is 16.8. The van der Waals surface area contributed by atoms with E-state index in [9.17, 15) is 9.59 Å². The summed E-state index contributed by atoms with van der Waals surface area (Å²) < 4.78 is 0. The molecule has 6 nitrogen and oxygen atoms in total. The Labute approximate surface area is 121 Å². The normalized spacial score (nSPS) is 17.1. The molecule has 0 aromatic rings. The van der Waals surface area contributed by atoms with Gasteiger partial charge < -0.3 is 20.4 Å². The van der Waals surface area contributed by atoms with Gasteiger partial charge in [-0.3, -0.25) is 4.79 Å². The second-order valence-electron chi connectivity index (χ2n) is 6.80. The number of piperazine rings is 1. The fourth-order valence-electron chi connectivity index (χ4n) is 2.05. The maximum atomic E-state index is 12.6. The molecule has 0 aromatic heterocycles. The van der Waals surface area contributed by atoms with Crippen molar-refractivity contribution in [2.24, 2.45) is 11.1 Å². The van der Waals surface area contributed by atoms with Crippen LogP contribution in [0.5, 0.6) is 0 Å². The first-order valence-electron chi connectivity index (χ1n) is 7.03. The van der Waals surface area contributed by atoms with Crippen molar-refractivity contribution in [2.75, 3.05) is 40.3 Å². The Hall–Kier alpha value is -1.30. The average Bonchev–Trinajstić information content (AvgIpc) is 2.35. The van der Waals surface area contributed by atoms with E-state index in [0.717, 1.165) is 0 Å². The minimum absolute atomic E-state index is 0.00415. The summed E-state index contributed by atoms with van der Waals surface area (Å²) in [5.41, 5.74) is 4.91. The molecule has 0 spiro atoms. The number of amides is 3. The predicted octanol–water partition coefficient (Wildman–Crippen LogP) is 0.576. The van der Waals surface area contributed by atoms with Crippen molar-refractivity contribution < 1.29 is 9.59 Å². The largest absolute Gasteiger partial charge is 0.339 e. The zero-order valence-electron chi connectivity index (χ0n) is 13.6. The van der Waals surface area contributed by atoms with E-state index in [4.69, 9.17) is 5.73 Å². The maximum absolute atomic E-state index is 12.6. The second-order valence-corrected chi connectivity index (χ2v) is 6.80. The molecular weight excluding hydrogens is 256 g/mol. The molecule has 1 aliphatic heterocycles. The number of carbonyl (C=O) groups excluding carboxylic acids is 2. The number of hydrogen-bond donors (Lipinski definition) is 1. The van der Waals surface area contributed by atoms with Gasteiger partial charge in [0.15, 0.2) is 0 Å². The average molecular weight is 284 g/mol. The molecule has 0 aromatic carbocycles. The standard InChI is InChI=1S/C14H28N4O2/c1-13(2,14(3,4)15)11(19)17-7-9-18(10-8-17)12(20)16(5)6/h7-10,15H2,1-6H3. The minimum Gasteiger partial charge on any atom is -0.339 e. The van der Waals surface area contributed by atoms with E-state index in [-0.39, 0.29) is 11.9 Å². The Morgan fingerprint density at radius 2 is 1.35 bits per heavy atom. The van der Waals surface area contributed by atoms with Crippen molar-refractivity contribution in [3.05, 3.63) is 0 Å². The third-order valence-electron chi connectivity index (χ3n) is 4.37. The topological polar surface area (TPSA) is 69.9 Å². The van der Waals surface area contributed by atoms with Crippen molar-refractivity contribution in [1.29, 1.82) is 0 Å². The summed E-state index contributed by atoms with van der Waals surface area (Å²) >= 11 is 0. The van der Waals surface area contributed by atoms with Gasteiger partial charge in [0.1, 0.15) is 0 Å². The lowest BCUT2D eigenvalue weighted by atomic mass is 9.74. The van der Waals surface area contributed by atoms with Gasteiger partial charge >= 0.3 is 6.03 Å². The van der Waals surface area contributed by atoms with E-state index in [1.807, 2.05) is 32.6 Å². The number of carbonyl (C=O) groups is 2. The van der Waals surface area contributed by atoms with Gasteiger partial charge in [-0.05, 0) is 27.7 Å². The molecule has 1 heterocycles. The number of urea groups is 1. The maximum Gasteiger partial charge on any atom is 0.319 e. The van der Waals surface area contributed by atoms with Crippen LogP contribution >= 0.6 is 0 Å². The first-order chi connectivity index (χ1) is 8.98. The highest BCUT2D eigenvalue weighted by Crippen LogP contribution is 2.31. The molecule has 1 fully saturated rings. The molecule has 0 radical (unpaired) electrons. The summed E-state index contributed by atoms with van der Waals surface area (Å²) in [5, 5.41) is 0. The summed E-state index contributed by atoms with van der Waals surface area (Å²) in [4.78, 5) is 29.6. The van der Waals surface area contributed by atoms with Gasteiger partial charge in [0.2, 0.25) is 5.91 Å². The monoisotopic (exact) mass is 284 g/mol. The Morgan fingerprint density at radius 3 is 1.70 bits per heavy atom. The zero-order valence-corrected chi connectivity index (χ0v) is 13.6. The fraction of sp³-hybridized carbons (Fsp3) is 0.857. The van der Waals surface area contributed by atoms with Crippen LogP contribution in [0.3, 0.4) is 0 Å². The molecule has 1 saturated heterocycles. The third kappa shape index (κ3) is 3.23. The predicted molar refractivity (Wildman–Crippen MR) is 79.3 cm³/mol. The van der Waals surface area contributed by atoms with Crippen molar-refractivity contribution in [1.82, 2.24) is 14.7 Å². The van der Waals surface area contributed by atoms with Crippen molar-refractivity contribution >= 4 is 11.9 Å². The fourth-order valence-corrected chi connectivity index (χ4v) is 2.05. The van der Waals surface area contributed by atoms with Gasteiger partial charge in [-0.2, -0.15) is 0 Å². The van der Waals surface area contributed by atoms with Crippen LogP contribution in [-0.4, -0.2) is 72.5 Å². The smallest absolute Gasteiger partial charge is 0.319 e. The lowest BCUT2D eigenvalue weighted by Gasteiger charge is -2.43. The van der Waals surface area contributed by atoms with Gasteiger partial charge in [-0.1, -0.05) is 0 Å². The van der Waals surface area contributed by atoms with Gasteiger partial charge in [0.25, 0.3) is 0 Å². The Morgan fingerprint density at radius 1 is 0.950 bits per heavy atom. The van der Waals surface area contributed by atoms with Gasteiger partial charge in [0, 0.05) is 45.8 Å². The number of rotatable bonds is 2. The molecule has 20 heavy (non-hydrogen) atoms. The van der Waals surface area contributed by atoms with E-state index < -0.39 is 11.0 Å². The SMILES string of the molecule is CN(C)C(=O)N1CCN(C(=O)C(C)(C)C(C)(C)N)CC1. The molecule has 0 unspecified atom stereocenters. The molecule has 0 saturated carbocycles. The number of hydrogen-bond acceptors (Lipinski definition) is 3. The quantitative estimate of drug-likeness (QED) is 0.806. The Kier molecular flexibility index (Phi) is 4.69. The molecule has 2 N–H and O–H groups in total. The van der Waals surface area contributed by atoms with Crippen LogP contribution in [0.2, 0.25) is 0 Å². The van der Waals surface area contributed by atoms with Crippen LogP contribution in [0.15, 0.2) is 0 Å². The molecule has 116 valence electrons. The van der Waals surface area contributed by atoms with Crippen LogP contribution in [0.1, 0.15) is 27.7 Å². The van der Waals surface area contributed by atoms with Gasteiger partial charge in [-0.25, -0.2) is 4.79 Å². The van der Waals surface area contributed by atoms with Crippen LogP contribution in [0.4, 0.5) is 4.79 Å². The highest BCUT2D eigenvalue weighted by molar-refractivity contribution is 5.84. The van der Waals surface area contributed by atoms with Crippen LogP contribution in [0, 0.1) is 5.41 Å². The van der Waals surface area contributed by atoms with E-state index >= 15 is 0 Å². The van der Waals surface area contributed by atoms with E-state index in [1.165, 1.54) is 0 Å². The molecule has 0 atom stereocenters. The van der Waals surface area contributed by atoms with E-state index in [2.05, 4.69) is 0 Å². The molecular formula is C14H28N4O2. The van der Waals surface area contributed by atoms with Crippen molar-refractivity contribution in [2.45, 2.75) is 33.2 Å². The molecule has 1 rings (SSSR count). The highest BCUT2D eigenvalue weighted by atomic mass is 16.2. The van der Waals surface area contributed by atoms with Gasteiger partial charge in [0.05, 0.1) is 5.41 Å². The summed E-state index contributed by atoms with van der Waals surface area (Å²) in [6.07, 6.45) is 0. The molecule has 3 amide bonds. The van der Waals surface area contributed by atoms with Crippen molar-refractivity contribution in [3.63, 3.8) is 0 Å². The van der Waals surface area contributed by atoms with Crippen LogP contribution < -0.4 is 5.73 Å². The summed E-state index contributed by atoms with van der Waals surface area (Å²) in [7, 11) is 3.47. The summed E-state index contributed by atoms with van der Waals surface area (Å²) in [5.74, 6) is 0.0574. The molecule has 1 aliphatic rings. The second kappa shape index (κ2) is 5.60. The third-order valence-corrected chi connectivity index (χ3v) is 4.37. The lowest BCUT2D eigenvalue weighted by Crippen LogP contribution is -2.60. The van der Waals surface area contributed by atoms with Crippen molar-refractivity contribution in [3.8, 4) is 0 Å². The Balaban J connectivity index is 2.67. The van der Waals surface area contributed by atoms with Gasteiger partial charge in [-0.15, -0.1) is 0 Å². The minimum atomic E-state index is -0.624. The number of nitrogens with zero attached hydrogens (tertiary/aromatic N) is 3. The van der Waals surface area contributed by atoms with E-state index in [1.54, 1.807) is 23.9 Å². The van der Waals surface area contributed by atoms with Crippen LogP contribution in [0.25, 0.3) is 0 Å². The summed E-state index contributed by atoms with van der Waals surface area (Å²) in [6, 6.07) is -0.00415.